The monoisotopic (exact) mass is 955 g/mol. The van der Waals surface area contributed by atoms with Crippen molar-refractivity contribution >= 4 is 32.3 Å². The summed E-state index contributed by atoms with van der Waals surface area (Å²) >= 11 is 0. The molecular formula is C70H82N2. The van der Waals surface area contributed by atoms with E-state index in [4.69, 9.17) is 5.48 Å². The minimum Gasteiger partial charge on any atom is -0.264 e. The van der Waals surface area contributed by atoms with E-state index in [0.29, 0.717) is 11.1 Å². The van der Waals surface area contributed by atoms with Crippen LogP contribution in [0.2, 0.25) is 0 Å². The summed E-state index contributed by atoms with van der Waals surface area (Å²) < 4.78 is 29.7. The van der Waals surface area contributed by atoms with Crippen LogP contribution in [0.15, 0.2) is 170 Å². The average molecular weight is 955 g/mol. The Morgan fingerprint density at radius 1 is 0.278 bits per heavy atom. The molecule has 372 valence electrons. The molecule has 0 amide bonds. The quantitative estimate of drug-likeness (QED) is 0.142. The number of pyridine rings is 2. The van der Waals surface area contributed by atoms with Crippen molar-refractivity contribution in [3.05, 3.63) is 270 Å². The van der Waals surface area contributed by atoms with Crippen molar-refractivity contribution in [3.63, 3.8) is 0 Å². The zero-order valence-corrected chi connectivity index (χ0v) is 46.8. The molecule has 0 saturated heterocycles. The van der Waals surface area contributed by atoms with E-state index in [1.807, 2.05) is 58.3 Å². The van der Waals surface area contributed by atoms with Crippen molar-refractivity contribution < 1.29 is 5.48 Å². The van der Waals surface area contributed by atoms with Gasteiger partial charge in [0, 0.05) is 23.8 Å². The lowest BCUT2D eigenvalue weighted by Crippen LogP contribution is -1.98. The highest BCUT2D eigenvalue weighted by Gasteiger charge is 2.08. The van der Waals surface area contributed by atoms with Gasteiger partial charge in [-0.1, -0.05) is 168 Å². The lowest BCUT2D eigenvalue weighted by Gasteiger charge is -2.15. The predicted octanol–water partition coefficient (Wildman–Crippen LogP) is 19.6. The molecule has 0 unspecified atom stereocenters. The largest absolute Gasteiger partial charge is 0.264 e. The van der Waals surface area contributed by atoms with Crippen LogP contribution in [0.3, 0.4) is 0 Å². The molecule has 0 atom stereocenters. The summed E-state index contributed by atoms with van der Waals surface area (Å²) in [5.74, 6) is 0. The van der Waals surface area contributed by atoms with Gasteiger partial charge in [0.15, 0.2) is 0 Å². The first-order valence-corrected chi connectivity index (χ1v) is 25.1. The number of aryl methyl sites for hydroxylation is 10. The molecule has 2 heteroatoms. The van der Waals surface area contributed by atoms with Gasteiger partial charge in [-0.15, -0.1) is 0 Å². The van der Waals surface area contributed by atoms with E-state index in [9.17, 15) is 0 Å². The fraction of sp³-hybridized carbons (Fsp3) is 0.257. The Morgan fingerprint density at radius 2 is 0.694 bits per heavy atom. The molecule has 0 saturated carbocycles. The summed E-state index contributed by atoms with van der Waals surface area (Å²) in [4.78, 5) is 8.16. The molecule has 2 nitrogen and oxygen atoms in total. The van der Waals surface area contributed by atoms with Crippen LogP contribution in [-0.4, -0.2) is 9.97 Å². The van der Waals surface area contributed by atoms with E-state index in [1.165, 1.54) is 110 Å². The van der Waals surface area contributed by atoms with Gasteiger partial charge in [0.1, 0.15) is 0 Å². The van der Waals surface area contributed by atoms with E-state index >= 15 is 0 Å². The maximum atomic E-state index is 7.43. The van der Waals surface area contributed by atoms with Crippen LogP contribution in [-0.2, 0) is 0 Å². The average Bonchev–Trinajstić information content (AvgIpc) is 3.39. The molecule has 0 N–H and O–H groups in total. The van der Waals surface area contributed by atoms with Gasteiger partial charge in [0.2, 0.25) is 0 Å². The van der Waals surface area contributed by atoms with Crippen molar-refractivity contribution in [2.45, 2.75) is 125 Å². The van der Waals surface area contributed by atoms with Crippen LogP contribution in [0.25, 0.3) is 32.3 Å². The van der Waals surface area contributed by atoms with E-state index in [0.717, 1.165) is 11.4 Å². The highest BCUT2D eigenvalue weighted by molar-refractivity contribution is 6.09. The number of fused-ring (bicyclic) bond motifs is 4. The van der Waals surface area contributed by atoms with E-state index < -0.39 is 0 Å². The van der Waals surface area contributed by atoms with Gasteiger partial charge in [0.25, 0.3) is 0 Å². The molecule has 0 fully saturated rings. The zero-order valence-electron chi connectivity index (χ0n) is 50.8. The molecule has 0 aliphatic heterocycles. The molecule has 8 aromatic carbocycles. The van der Waals surface area contributed by atoms with Gasteiger partial charge >= 0.3 is 0 Å². The van der Waals surface area contributed by atoms with Gasteiger partial charge < -0.3 is 0 Å². The summed E-state index contributed by atoms with van der Waals surface area (Å²) in [6, 6.07) is 47.2. The van der Waals surface area contributed by atoms with Gasteiger partial charge in [-0.2, -0.15) is 0 Å². The Kier molecular flexibility index (Phi) is 19.9. The van der Waals surface area contributed by atoms with Crippen LogP contribution >= 0.6 is 0 Å². The minimum atomic E-state index is 0.0634. The van der Waals surface area contributed by atoms with E-state index in [2.05, 4.69) is 208 Å². The van der Waals surface area contributed by atoms with Crippen LogP contribution in [0, 0.1) is 125 Å². The van der Waals surface area contributed by atoms with Crippen molar-refractivity contribution in [2.75, 3.05) is 0 Å². The smallest absolute Gasteiger partial charge is 0.0626 e. The normalized spacial score (nSPS) is 10.9. The third-order valence-electron chi connectivity index (χ3n) is 13.2. The molecule has 0 spiro atoms. The molecule has 0 aliphatic rings. The number of hydrogen-bond donors (Lipinski definition) is 0. The molecule has 0 aliphatic carbocycles. The van der Waals surface area contributed by atoms with Crippen LogP contribution in [0.4, 0.5) is 0 Å². The first-order chi connectivity index (χ1) is 35.8. The Hall–Kier alpha value is -7.16. The van der Waals surface area contributed by atoms with E-state index in [-0.39, 0.29) is 24.2 Å². The molecule has 10 rings (SSSR count). The van der Waals surface area contributed by atoms with Gasteiger partial charge in [0.05, 0.1) is 5.48 Å². The maximum Gasteiger partial charge on any atom is 0.0626 e. The Morgan fingerprint density at radius 3 is 1.12 bits per heavy atom. The van der Waals surface area contributed by atoms with Crippen LogP contribution < -0.4 is 0 Å². The SMILES string of the molecule is Cc1c(C)c(C)c(C)c(C)c1C.Cc1cc(C)c2ccccc2c1.Cc1ccc2cc(C)c3ccccc3c2c1.Cc1cccc(C)n1.Cc1ccccc1C.Cc1cncc(C)c1.[2H]c1c([2H])c(C)c([2H])c([2H])c1C. The second kappa shape index (κ2) is 28.0. The summed E-state index contributed by atoms with van der Waals surface area (Å²) in [6.45, 7) is 37.4. The minimum absolute atomic E-state index is 0.0634. The third kappa shape index (κ3) is 17.6. The summed E-state index contributed by atoms with van der Waals surface area (Å²) in [5.41, 5.74) is 22.3. The maximum absolute atomic E-state index is 7.43. The van der Waals surface area contributed by atoms with Crippen molar-refractivity contribution in [3.8, 4) is 0 Å². The fourth-order valence-electron chi connectivity index (χ4n) is 8.26. The summed E-state index contributed by atoms with van der Waals surface area (Å²) in [7, 11) is 0. The molecule has 2 heterocycles. The van der Waals surface area contributed by atoms with E-state index in [1.54, 1.807) is 13.8 Å². The lowest BCUT2D eigenvalue weighted by molar-refractivity contribution is 1.12. The Bertz CT molecular complexity index is 3190. The number of benzene rings is 8. The first-order valence-electron chi connectivity index (χ1n) is 27.1. The molecule has 0 bridgehead atoms. The van der Waals surface area contributed by atoms with Crippen molar-refractivity contribution in [1.29, 1.82) is 0 Å². The standard InChI is InChI=1S/C16H14.C12H12.C12H18.2C8H10.2C7H9N/c1-11-7-8-13-10-12(2)14-5-3-4-6-15(14)16(13)9-11;1-9-7-10(2)12-6-4-3-5-11(12)8-9;1-7-8(2)10(4)12(6)11(5)9(7)3;1-7-3-5-8(2)6-4-7;1-7-5-3-4-6-8(7)2;1-6-3-7(2)5-8-4-6;1-6-4-3-5-7(2)8-6/h3-10H,1-2H3;3-8H,1-2H3;1-6H3;2*3-6H,1-2H3;2*3-5H,1-2H3/i;;;3D,4D,5D,6D;;;. The lowest BCUT2D eigenvalue weighted by atomic mass is 9.90. The highest BCUT2D eigenvalue weighted by atomic mass is 14.7. The fourth-order valence-corrected chi connectivity index (χ4v) is 8.26. The third-order valence-corrected chi connectivity index (χ3v) is 13.2. The molecule has 10 aromatic rings. The van der Waals surface area contributed by atoms with Gasteiger partial charge in [-0.3, -0.25) is 9.97 Å². The van der Waals surface area contributed by atoms with Gasteiger partial charge in [-0.25, -0.2) is 0 Å². The molecule has 0 radical (unpaired) electrons. The van der Waals surface area contributed by atoms with Crippen LogP contribution in [0.5, 0.6) is 0 Å². The van der Waals surface area contributed by atoms with Crippen molar-refractivity contribution in [2.24, 2.45) is 0 Å². The zero-order chi connectivity index (χ0) is 56.6. The summed E-state index contributed by atoms with van der Waals surface area (Å²) in [5, 5.41) is 8.13. The predicted molar refractivity (Wildman–Crippen MR) is 318 cm³/mol. The number of aromatic nitrogens is 2. The highest BCUT2D eigenvalue weighted by Crippen LogP contribution is 2.29. The second-order valence-corrected chi connectivity index (χ2v) is 19.3. The Balaban J connectivity index is 0.000000195. The molecule has 72 heavy (non-hydrogen) atoms. The van der Waals surface area contributed by atoms with Gasteiger partial charge in [-0.05, 0) is 236 Å². The van der Waals surface area contributed by atoms with Crippen LogP contribution in [0.1, 0.15) is 106 Å². The number of hydrogen-bond acceptors (Lipinski definition) is 2. The van der Waals surface area contributed by atoms with Crippen molar-refractivity contribution in [1.82, 2.24) is 9.97 Å². The molecular weight excluding hydrogens is 869 g/mol. The number of rotatable bonds is 0. The Labute approximate surface area is 440 Å². The molecule has 2 aromatic heterocycles. The number of nitrogens with zero attached hydrogens (tertiary/aromatic N) is 2. The first kappa shape index (κ1) is 51.2. The second-order valence-electron chi connectivity index (χ2n) is 19.3. The topological polar surface area (TPSA) is 25.8 Å². The summed E-state index contributed by atoms with van der Waals surface area (Å²) in [6.07, 6.45) is 3.71.